The summed E-state index contributed by atoms with van der Waals surface area (Å²) in [5.74, 6) is -0.193. The molecule has 8 heteroatoms. The monoisotopic (exact) mass is 461 g/mol. The molecule has 2 aromatic rings. The number of rotatable bonds is 6. The molecule has 1 N–H and O–H groups in total. The van der Waals surface area contributed by atoms with Crippen LogP contribution in [-0.4, -0.2) is 49.5 Å². The van der Waals surface area contributed by atoms with Crippen molar-refractivity contribution >= 4 is 46.5 Å². The van der Waals surface area contributed by atoms with Crippen LogP contribution in [0.3, 0.4) is 0 Å². The minimum Gasteiger partial charge on any atom is -0.461 e. The summed E-state index contributed by atoms with van der Waals surface area (Å²) in [5, 5.41) is 4.02. The molecule has 2 aliphatic rings. The number of amides is 1. The highest BCUT2D eigenvalue weighted by Gasteiger charge is 2.20. The van der Waals surface area contributed by atoms with E-state index >= 15 is 0 Å². The van der Waals surface area contributed by atoms with Gasteiger partial charge in [0.05, 0.1) is 22.2 Å². The molecule has 2 aliphatic heterocycles. The predicted molar refractivity (Wildman–Crippen MR) is 123 cm³/mol. The summed E-state index contributed by atoms with van der Waals surface area (Å²) in [4.78, 5) is 28.2. The van der Waals surface area contributed by atoms with Gasteiger partial charge in [-0.2, -0.15) is 0 Å². The molecule has 0 bridgehead atoms. The quantitative estimate of drug-likeness (QED) is 0.655. The van der Waals surface area contributed by atoms with E-state index in [1.807, 2.05) is 30.3 Å². The molecule has 0 radical (unpaired) electrons. The van der Waals surface area contributed by atoms with Crippen LogP contribution in [0.1, 0.15) is 24.0 Å². The number of hydrogen-bond donors (Lipinski definition) is 1. The van der Waals surface area contributed by atoms with E-state index in [-0.39, 0.29) is 18.5 Å². The lowest BCUT2D eigenvalue weighted by Gasteiger charge is -2.36. The van der Waals surface area contributed by atoms with E-state index in [0.717, 1.165) is 55.1 Å². The molecule has 0 atom stereocenters. The van der Waals surface area contributed by atoms with Gasteiger partial charge in [-0.1, -0.05) is 41.4 Å². The Bertz CT molecular complexity index is 975. The van der Waals surface area contributed by atoms with Gasteiger partial charge >= 0.3 is 5.97 Å². The topological polar surface area (TPSA) is 61.9 Å². The lowest BCUT2D eigenvalue weighted by molar-refractivity contribution is -0.145. The van der Waals surface area contributed by atoms with Crippen molar-refractivity contribution in [2.45, 2.75) is 25.9 Å². The third kappa shape index (κ3) is 5.50. The van der Waals surface area contributed by atoms with Gasteiger partial charge in [0.15, 0.2) is 0 Å². The number of hydrogen-bond acceptors (Lipinski definition) is 5. The zero-order valence-electron chi connectivity index (χ0n) is 17.2. The summed E-state index contributed by atoms with van der Waals surface area (Å²) in [6, 6.07) is 11.5. The minimum atomic E-state index is -0.220. The van der Waals surface area contributed by atoms with Gasteiger partial charge < -0.3 is 15.0 Å². The van der Waals surface area contributed by atoms with E-state index in [1.165, 1.54) is 0 Å². The zero-order valence-corrected chi connectivity index (χ0v) is 18.7. The lowest BCUT2D eigenvalue weighted by atomic mass is 10.0. The number of carbonyl (C=O) groups is 2. The maximum absolute atomic E-state index is 12.2. The Morgan fingerprint density at radius 1 is 1.06 bits per heavy atom. The van der Waals surface area contributed by atoms with Crippen LogP contribution >= 0.6 is 23.2 Å². The Labute approximate surface area is 192 Å². The van der Waals surface area contributed by atoms with Gasteiger partial charge in [-0.25, -0.2) is 0 Å². The number of piperazine rings is 1. The van der Waals surface area contributed by atoms with Crippen molar-refractivity contribution < 1.29 is 14.3 Å². The van der Waals surface area contributed by atoms with Crippen LogP contribution in [0.25, 0.3) is 0 Å². The maximum atomic E-state index is 12.2. The van der Waals surface area contributed by atoms with E-state index < -0.39 is 0 Å². The van der Waals surface area contributed by atoms with Crippen molar-refractivity contribution in [3.8, 4) is 0 Å². The largest absolute Gasteiger partial charge is 0.461 e. The number of halogens is 2. The maximum Gasteiger partial charge on any atom is 0.307 e. The van der Waals surface area contributed by atoms with Crippen molar-refractivity contribution in [1.29, 1.82) is 0 Å². The summed E-state index contributed by atoms with van der Waals surface area (Å²) in [7, 11) is 0. The van der Waals surface area contributed by atoms with E-state index in [1.54, 1.807) is 6.07 Å². The van der Waals surface area contributed by atoms with Crippen molar-refractivity contribution in [3.05, 3.63) is 57.6 Å². The van der Waals surface area contributed by atoms with E-state index in [0.29, 0.717) is 29.4 Å². The molecule has 6 nitrogen and oxygen atoms in total. The van der Waals surface area contributed by atoms with Crippen molar-refractivity contribution in [3.63, 3.8) is 0 Å². The SMILES string of the molecule is O=C1CCc2ccc(COC(=O)CCN3CCN(c4cccc(Cl)c4Cl)CC3)cc2N1. The molecular formula is C23H25Cl2N3O3. The summed E-state index contributed by atoms with van der Waals surface area (Å²) in [6.07, 6.45) is 1.61. The molecule has 0 aromatic heterocycles. The van der Waals surface area contributed by atoms with Gasteiger partial charge in [0.2, 0.25) is 5.91 Å². The van der Waals surface area contributed by atoms with Crippen LogP contribution in [0.15, 0.2) is 36.4 Å². The summed E-state index contributed by atoms with van der Waals surface area (Å²) < 4.78 is 5.44. The van der Waals surface area contributed by atoms with Crippen molar-refractivity contribution in [2.75, 3.05) is 42.9 Å². The number of nitrogens with one attached hydrogen (secondary N) is 1. The number of benzene rings is 2. The highest BCUT2D eigenvalue weighted by atomic mass is 35.5. The molecule has 0 spiro atoms. The number of fused-ring (bicyclic) bond motifs is 1. The summed E-state index contributed by atoms with van der Waals surface area (Å²) >= 11 is 12.5. The first kappa shape index (κ1) is 21.9. The van der Waals surface area contributed by atoms with Gasteiger partial charge in [-0.15, -0.1) is 0 Å². The highest BCUT2D eigenvalue weighted by Crippen LogP contribution is 2.32. The molecule has 0 saturated carbocycles. The molecule has 1 fully saturated rings. The molecule has 0 aliphatic carbocycles. The van der Waals surface area contributed by atoms with Gasteiger partial charge in [0, 0.05) is 44.8 Å². The molecule has 31 heavy (non-hydrogen) atoms. The first-order valence-electron chi connectivity index (χ1n) is 10.5. The second-order valence-corrected chi connectivity index (χ2v) is 8.64. The van der Waals surface area contributed by atoms with Gasteiger partial charge in [0.1, 0.15) is 6.61 Å². The third-order valence-corrected chi connectivity index (χ3v) is 6.55. The highest BCUT2D eigenvalue weighted by molar-refractivity contribution is 6.43. The lowest BCUT2D eigenvalue weighted by Crippen LogP contribution is -2.47. The average Bonchev–Trinajstić information content (AvgIpc) is 2.78. The smallest absolute Gasteiger partial charge is 0.307 e. The minimum absolute atomic E-state index is 0.0272. The Hall–Kier alpha value is -2.28. The van der Waals surface area contributed by atoms with Crippen LogP contribution in [0, 0.1) is 0 Å². The van der Waals surface area contributed by atoms with Gasteiger partial charge in [-0.05, 0) is 35.7 Å². The Kier molecular flexibility index (Phi) is 7.00. The molecular weight excluding hydrogens is 437 g/mol. The second-order valence-electron chi connectivity index (χ2n) is 7.85. The first-order chi connectivity index (χ1) is 15.0. The molecule has 1 saturated heterocycles. The van der Waals surface area contributed by atoms with Crippen molar-refractivity contribution in [1.82, 2.24) is 4.90 Å². The molecule has 164 valence electrons. The van der Waals surface area contributed by atoms with Crippen LogP contribution in [0.2, 0.25) is 10.0 Å². The summed E-state index contributed by atoms with van der Waals surface area (Å²) in [5.41, 5.74) is 3.77. The Morgan fingerprint density at radius 3 is 2.68 bits per heavy atom. The van der Waals surface area contributed by atoms with Crippen molar-refractivity contribution in [2.24, 2.45) is 0 Å². The second kappa shape index (κ2) is 9.90. The number of anilines is 2. The van der Waals surface area contributed by atoms with Gasteiger partial charge in [-0.3, -0.25) is 14.5 Å². The van der Waals surface area contributed by atoms with Crippen LogP contribution in [0.4, 0.5) is 11.4 Å². The molecule has 1 amide bonds. The molecule has 0 unspecified atom stereocenters. The van der Waals surface area contributed by atoms with Crippen LogP contribution in [0.5, 0.6) is 0 Å². The fourth-order valence-electron chi connectivity index (χ4n) is 3.94. The molecule has 4 rings (SSSR count). The van der Waals surface area contributed by atoms with E-state index in [2.05, 4.69) is 15.1 Å². The third-order valence-electron chi connectivity index (χ3n) is 5.75. The Balaban J connectivity index is 1.20. The molecule has 2 aromatic carbocycles. The normalized spacial score (nSPS) is 16.6. The number of carbonyl (C=O) groups excluding carboxylic acids is 2. The predicted octanol–water partition coefficient (Wildman–Crippen LogP) is 4.13. The first-order valence-corrected chi connectivity index (χ1v) is 11.2. The number of ether oxygens (including phenoxy) is 1. The Morgan fingerprint density at radius 2 is 1.87 bits per heavy atom. The summed E-state index contributed by atoms with van der Waals surface area (Å²) in [6.45, 7) is 4.23. The fraction of sp³-hybridized carbons (Fsp3) is 0.391. The zero-order chi connectivity index (χ0) is 21.8. The van der Waals surface area contributed by atoms with E-state index in [4.69, 9.17) is 27.9 Å². The van der Waals surface area contributed by atoms with Gasteiger partial charge in [0.25, 0.3) is 0 Å². The van der Waals surface area contributed by atoms with Crippen LogP contribution < -0.4 is 10.2 Å². The van der Waals surface area contributed by atoms with Crippen LogP contribution in [-0.2, 0) is 27.4 Å². The standard InChI is InChI=1S/C23H25Cl2N3O3/c24-18-2-1-3-20(23(18)25)28-12-10-27(11-13-28)9-8-22(30)31-15-16-4-5-17-6-7-21(29)26-19(17)14-16/h1-5,14H,6-13,15H2,(H,26,29). The molecule has 2 heterocycles. The number of aryl methyl sites for hydroxylation is 1. The average molecular weight is 462 g/mol. The number of esters is 1. The van der Waals surface area contributed by atoms with E-state index in [9.17, 15) is 9.59 Å². The fourth-order valence-corrected chi connectivity index (χ4v) is 4.36. The number of nitrogens with zero attached hydrogens (tertiary/aromatic N) is 2.